The monoisotopic (exact) mass is 350 g/mol. The molecule has 2 N–H and O–H groups in total. The van der Waals surface area contributed by atoms with E-state index < -0.39 is 7.12 Å². The summed E-state index contributed by atoms with van der Waals surface area (Å²) in [6.45, 7) is 0. The smallest absolute Gasteiger partial charge is 0.423 e. The van der Waals surface area contributed by atoms with E-state index in [1.807, 2.05) is 36.4 Å². The summed E-state index contributed by atoms with van der Waals surface area (Å²) in [6, 6.07) is 24.7. The van der Waals surface area contributed by atoms with Crippen LogP contribution in [0.5, 0.6) is 0 Å². The van der Waals surface area contributed by atoms with Crippen molar-refractivity contribution < 1.29 is 10.0 Å². The molecule has 4 aromatic carbocycles. The summed E-state index contributed by atoms with van der Waals surface area (Å²) in [6.07, 6.45) is 4.29. The van der Waals surface area contributed by atoms with Gasteiger partial charge in [-0.15, -0.1) is 0 Å². The first-order chi connectivity index (χ1) is 13.3. The molecule has 0 saturated carbocycles. The molecular formula is C24H19BO2. The Morgan fingerprint density at radius 2 is 1.22 bits per heavy atom. The Hall–Kier alpha value is -2.88. The largest absolute Gasteiger partial charge is 0.489 e. The first-order valence-corrected chi connectivity index (χ1v) is 9.34. The third-order valence-electron chi connectivity index (χ3n) is 5.58. The van der Waals surface area contributed by atoms with Gasteiger partial charge in [0.1, 0.15) is 0 Å². The van der Waals surface area contributed by atoms with Crippen molar-refractivity contribution in [2.24, 2.45) is 0 Å². The number of hydrogen-bond donors (Lipinski definition) is 2. The molecule has 0 fully saturated rings. The number of hydrogen-bond acceptors (Lipinski definition) is 2. The summed E-state index contributed by atoms with van der Waals surface area (Å²) in [5.74, 6) is 0. The Kier molecular flexibility index (Phi) is 3.85. The molecule has 0 bridgehead atoms. The van der Waals surface area contributed by atoms with Crippen LogP contribution in [0.2, 0.25) is 0 Å². The molecule has 0 saturated heterocycles. The van der Waals surface area contributed by atoms with Gasteiger partial charge in [0.25, 0.3) is 0 Å². The molecule has 1 aliphatic rings. The molecule has 0 atom stereocenters. The van der Waals surface area contributed by atoms with E-state index in [1.54, 1.807) is 0 Å². The molecule has 0 spiro atoms. The van der Waals surface area contributed by atoms with Crippen LogP contribution in [0.4, 0.5) is 0 Å². The molecule has 3 heteroatoms. The number of rotatable bonds is 2. The van der Waals surface area contributed by atoms with Crippen molar-refractivity contribution in [1.29, 1.82) is 0 Å². The Balaban J connectivity index is 2.06. The highest BCUT2D eigenvalue weighted by Crippen LogP contribution is 2.33. The van der Waals surface area contributed by atoms with Gasteiger partial charge in [-0.25, -0.2) is 0 Å². The van der Waals surface area contributed by atoms with Gasteiger partial charge >= 0.3 is 7.12 Å². The lowest BCUT2D eigenvalue weighted by molar-refractivity contribution is 0.426. The lowest BCUT2D eigenvalue weighted by atomic mass is 9.72. The van der Waals surface area contributed by atoms with Gasteiger partial charge in [-0.3, -0.25) is 0 Å². The van der Waals surface area contributed by atoms with E-state index in [0.717, 1.165) is 34.4 Å². The Labute approximate surface area is 157 Å². The fraction of sp³-hybridized carbons (Fsp3) is 0.0833. The lowest BCUT2D eigenvalue weighted by Gasteiger charge is -2.20. The second kappa shape index (κ2) is 6.38. The third-order valence-corrected chi connectivity index (χ3v) is 5.58. The first kappa shape index (κ1) is 16.3. The highest BCUT2D eigenvalue weighted by atomic mass is 16.4. The van der Waals surface area contributed by atoms with Crippen molar-refractivity contribution in [3.63, 3.8) is 0 Å². The van der Waals surface area contributed by atoms with Crippen molar-refractivity contribution in [1.82, 2.24) is 0 Å². The van der Waals surface area contributed by atoms with Crippen LogP contribution < -0.4 is 15.9 Å². The second-order valence-electron chi connectivity index (χ2n) is 7.06. The van der Waals surface area contributed by atoms with Crippen molar-refractivity contribution in [2.45, 2.75) is 12.8 Å². The maximum atomic E-state index is 10.1. The fourth-order valence-corrected chi connectivity index (χ4v) is 4.48. The first-order valence-electron chi connectivity index (χ1n) is 9.34. The molecule has 0 aliphatic heterocycles. The summed E-state index contributed by atoms with van der Waals surface area (Å²) >= 11 is 0. The normalized spacial score (nSPS) is 13.5. The van der Waals surface area contributed by atoms with E-state index in [1.165, 1.54) is 21.6 Å². The average Bonchev–Trinajstić information content (AvgIpc) is 2.71. The summed E-state index contributed by atoms with van der Waals surface area (Å²) in [7, 11) is -1.51. The minimum Gasteiger partial charge on any atom is -0.423 e. The van der Waals surface area contributed by atoms with Gasteiger partial charge in [0, 0.05) is 0 Å². The van der Waals surface area contributed by atoms with Crippen LogP contribution in [-0.4, -0.2) is 17.2 Å². The minimum absolute atomic E-state index is 0.584. The zero-order valence-corrected chi connectivity index (χ0v) is 14.9. The van der Waals surface area contributed by atoms with Gasteiger partial charge in [0.2, 0.25) is 0 Å². The second-order valence-corrected chi connectivity index (χ2v) is 7.06. The zero-order chi connectivity index (χ0) is 18.4. The summed E-state index contributed by atoms with van der Waals surface area (Å²) in [5.41, 5.74) is 3.13. The molecule has 0 aromatic heterocycles. The van der Waals surface area contributed by atoms with E-state index in [-0.39, 0.29) is 0 Å². The van der Waals surface area contributed by atoms with Gasteiger partial charge in [0.15, 0.2) is 0 Å². The molecule has 1 aliphatic carbocycles. The predicted octanol–water partition coefficient (Wildman–Crippen LogP) is 2.45. The highest BCUT2D eigenvalue weighted by Gasteiger charge is 2.23. The summed E-state index contributed by atoms with van der Waals surface area (Å²) in [4.78, 5) is 0. The standard InChI is InChI=1S/C24H19BO2/c26-25(27)24-21-13-5-3-11-19(21)23(20-12-4-6-14-22(20)24)18-15-7-9-16-8-1-2-10-17(16)18/h1-6,8-14,26-27H,7,15H2. The van der Waals surface area contributed by atoms with Crippen LogP contribution in [-0.2, 0) is 0 Å². The van der Waals surface area contributed by atoms with Crippen molar-refractivity contribution in [3.05, 3.63) is 88.8 Å². The molecule has 4 aromatic rings. The van der Waals surface area contributed by atoms with Crippen LogP contribution in [0.15, 0.2) is 72.8 Å². The van der Waals surface area contributed by atoms with Crippen LogP contribution in [0.1, 0.15) is 18.4 Å². The molecule has 0 amide bonds. The van der Waals surface area contributed by atoms with Crippen LogP contribution >= 0.6 is 0 Å². The molecule has 2 nitrogen and oxygen atoms in total. The van der Waals surface area contributed by atoms with Crippen LogP contribution in [0.3, 0.4) is 0 Å². The lowest BCUT2D eigenvalue weighted by Crippen LogP contribution is -2.32. The topological polar surface area (TPSA) is 40.5 Å². The Morgan fingerprint density at radius 3 is 1.85 bits per heavy atom. The van der Waals surface area contributed by atoms with Crippen molar-refractivity contribution >= 4 is 45.8 Å². The maximum Gasteiger partial charge on any atom is 0.489 e. The van der Waals surface area contributed by atoms with E-state index in [4.69, 9.17) is 0 Å². The van der Waals surface area contributed by atoms with E-state index in [2.05, 4.69) is 42.5 Å². The minimum atomic E-state index is -1.51. The van der Waals surface area contributed by atoms with Crippen molar-refractivity contribution in [3.8, 4) is 0 Å². The summed E-state index contributed by atoms with van der Waals surface area (Å²) in [5, 5.41) is 26.8. The van der Waals surface area contributed by atoms with Gasteiger partial charge in [-0.1, -0.05) is 78.9 Å². The van der Waals surface area contributed by atoms with E-state index in [0.29, 0.717) is 5.46 Å². The van der Waals surface area contributed by atoms with Gasteiger partial charge in [-0.05, 0) is 61.4 Å². The SMILES string of the molecule is OB(O)c1c2ccccc2c(C2=c3ccccc3=CCC2)c2ccccc12. The van der Waals surface area contributed by atoms with Gasteiger partial charge in [-0.2, -0.15) is 0 Å². The molecule has 0 heterocycles. The average molecular weight is 350 g/mol. The molecular weight excluding hydrogens is 331 g/mol. The van der Waals surface area contributed by atoms with Crippen molar-refractivity contribution in [2.75, 3.05) is 0 Å². The number of benzene rings is 4. The van der Waals surface area contributed by atoms with Crippen LogP contribution in [0, 0.1) is 0 Å². The zero-order valence-electron chi connectivity index (χ0n) is 14.9. The quantitative estimate of drug-likeness (QED) is 0.431. The van der Waals surface area contributed by atoms with Gasteiger partial charge in [0.05, 0.1) is 0 Å². The van der Waals surface area contributed by atoms with Crippen LogP contribution in [0.25, 0.3) is 33.2 Å². The summed E-state index contributed by atoms with van der Waals surface area (Å²) < 4.78 is 0. The number of fused-ring (bicyclic) bond motifs is 3. The molecule has 0 unspecified atom stereocenters. The molecule has 27 heavy (non-hydrogen) atoms. The van der Waals surface area contributed by atoms with E-state index in [9.17, 15) is 10.0 Å². The van der Waals surface area contributed by atoms with Gasteiger partial charge < -0.3 is 10.0 Å². The Bertz CT molecular complexity index is 1250. The molecule has 0 radical (unpaired) electrons. The Morgan fingerprint density at radius 1 is 0.667 bits per heavy atom. The highest BCUT2D eigenvalue weighted by molar-refractivity contribution is 6.65. The molecule has 130 valence electrons. The maximum absolute atomic E-state index is 10.1. The fourth-order valence-electron chi connectivity index (χ4n) is 4.48. The predicted molar refractivity (Wildman–Crippen MR) is 113 cm³/mol. The van der Waals surface area contributed by atoms with E-state index >= 15 is 0 Å². The third kappa shape index (κ3) is 2.51. The molecule has 5 rings (SSSR count).